The summed E-state index contributed by atoms with van der Waals surface area (Å²) in [4.78, 5) is 16.2. The Morgan fingerprint density at radius 3 is 2.52 bits per heavy atom. The second kappa shape index (κ2) is 8.10. The number of nitrogens with zero attached hydrogens (tertiary/aromatic N) is 2. The van der Waals surface area contributed by atoms with E-state index in [4.69, 9.17) is 4.84 Å². The maximum absolute atomic E-state index is 10.8. The molecule has 1 atom stereocenters. The second-order valence-corrected chi connectivity index (χ2v) is 5.48. The third-order valence-corrected chi connectivity index (χ3v) is 3.99. The maximum Gasteiger partial charge on any atom is 0.269 e. The van der Waals surface area contributed by atoms with Gasteiger partial charge < -0.3 is 0 Å². The summed E-state index contributed by atoms with van der Waals surface area (Å²) in [5.41, 5.74) is 1.25. The molecule has 0 amide bonds. The number of hydroxylamine groups is 2. The van der Waals surface area contributed by atoms with Crippen molar-refractivity contribution in [2.24, 2.45) is 0 Å². The standard InChI is InChI=1S/C16H24N2O3/c1-2-21-17-13-7-5-3-4-6-8-16(17)14-9-11-15(12-10-14)18(19)20/h9-12,16H,2-8,13H2,1H3. The van der Waals surface area contributed by atoms with E-state index in [0.29, 0.717) is 6.61 Å². The normalized spacial score (nSPS) is 21.3. The van der Waals surface area contributed by atoms with E-state index in [1.165, 1.54) is 25.7 Å². The highest BCUT2D eigenvalue weighted by molar-refractivity contribution is 5.34. The van der Waals surface area contributed by atoms with Crippen LogP contribution in [-0.4, -0.2) is 23.1 Å². The molecule has 1 unspecified atom stereocenters. The van der Waals surface area contributed by atoms with Crippen molar-refractivity contribution in [3.05, 3.63) is 39.9 Å². The summed E-state index contributed by atoms with van der Waals surface area (Å²) in [6.45, 7) is 3.58. The molecule has 116 valence electrons. The van der Waals surface area contributed by atoms with Crippen LogP contribution in [0.25, 0.3) is 0 Å². The SMILES string of the molecule is CCON1CCCCCCCC1c1ccc([N+](=O)[O-])cc1. The molecule has 1 aliphatic rings. The maximum atomic E-state index is 10.8. The van der Waals surface area contributed by atoms with Crippen molar-refractivity contribution in [3.8, 4) is 0 Å². The largest absolute Gasteiger partial charge is 0.299 e. The quantitative estimate of drug-likeness (QED) is 0.615. The van der Waals surface area contributed by atoms with Crippen LogP contribution in [0.15, 0.2) is 24.3 Å². The summed E-state index contributed by atoms with van der Waals surface area (Å²) in [7, 11) is 0. The molecule has 1 heterocycles. The first-order valence-corrected chi connectivity index (χ1v) is 7.86. The molecule has 1 saturated heterocycles. The highest BCUT2D eigenvalue weighted by atomic mass is 16.7. The Morgan fingerprint density at radius 2 is 1.86 bits per heavy atom. The van der Waals surface area contributed by atoms with Crippen molar-refractivity contribution >= 4 is 5.69 Å². The number of hydrogen-bond donors (Lipinski definition) is 0. The van der Waals surface area contributed by atoms with Crippen LogP contribution in [0.1, 0.15) is 57.1 Å². The summed E-state index contributed by atoms with van der Waals surface area (Å²) in [5, 5.41) is 12.8. The smallest absolute Gasteiger partial charge is 0.269 e. The van der Waals surface area contributed by atoms with E-state index in [0.717, 1.165) is 24.9 Å². The van der Waals surface area contributed by atoms with Gasteiger partial charge in [0.15, 0.2) is 0 Å². The van der Waals surface area contributed by atoms with E-state index >= 15 is 0 Å². The zero-order valence-corrected chi connectivity index (χ0v) is 12.7. The fourth-order valence-electron chi connectivity index (χ4n) is 2.91. The lowest BCUT2D eigenvalue weighted by Gasteiger charge is -2.30. The van der Waals surface area contributed by atoms with E-state index < -0.39 is 0 Å². The first-order chi connectivity index (χ1) is 10.2. The summed E-state index contributed by atoms with van der Waals surface area (Å²) < 4.78 is 0. The zero-order valence-electron chi connectivity index (χ0n) is 12.7. The van der Waals surface area contributed by atoms with Crippen LogP contribution < -0.4 is 0 Å². The average molecular weight is 292 g/mol. The van der Waals surface area contributed by atoms with Gasteiger partial charge in [0.2, 0.25) is 0 Å². The minimum absolute atomic E-state index is 0.143. The summed E-state index contributed by atoms with van der Waals surface area (Å²) in [6, 6.07) is 7.11. The molecule has 0 spiro atoms. The Hall–Kier alpha value is -1.46. The molecule has 0 radical (unpaired) electrons. The highest BCUT2D eigenvalue weighted by Gasteiger charge is 2.22. The van der Waals surface area contributed by atoms with E-state index in [1.807, 2.05) is 19.1 Å². The molecule has 5 heteroatoms. The lowest BCUT2D eigenvalue weighted by molar-refractivity contribution is -0.384. The van der Waals surface area contributed by atoms with Gasteiger partial charge in [-0.25, -0.2) is 0 Å². The predicted molar refractivity (Wildman–Crippen MR) is 81.9 cm³/mol. The monoisotopic (exact) mass is 292 g/mol. The number of nitro groups is 1. The first-order valence-electron chi connectivity index (χ1n) is 7.86. The fraction of sp³-hybridized carbons (Fsp3) is 0.625. The van der Waals surface area contributed by atoms with Gasteiger partial charge in [-0.3, -0.25) is 15.0 Å². The van der Waals surface area contributed by atoms with Crippen molar-refractivity contribution < 1.29 is 9.76 Å². The lowest BCUT2D eigenvalue weighted by atomic mass is 10.00. The number of rotatable bonds is 4. The molecule has 0 aliphatic carbocycles. The Balaban J connectivity index is 2.18. The molecule has 0 saturated carbocycles. The van der Waals surface area contributed by atoms with Gasteiger partial charge in [-0.2, -0.15) is 5.06 Å². The third-order valence-electron chi connectivity index (χ3n) is 3.99. The Kier molecular flexibility index (Phi) is 6.14. The number of hydrogen-bond acceptors (Lipinski definition) is 4. The van der Waals surface area contributed by atoms with Gasteiger partial charge in [-0.1, -0.05) is 37.8 Å². The van der Waals surface area contributed by atoms with Gasteiger partial charge in [0.05, 0.1) is 17.6 Å². The van der Waals surface area contributed by atoms with Gasteiger partial charge >= 0.3 is 0 Å². The third kappa shape index (κ3) is 4.51. The minimum atomic E-state index is -0.354. The van der Waals surface area contributed by atoms with Gasteiger partial charge in [-0.15, -0.1) is 0 Å². The molecule has 1 fully saturated rings. The van der Waals surface area contributed by atoms with Crippen molar-refractivity contribution in [1.29, 1.82) is 0 Å². The van der Waals surface area contributed by atoms with Crippen LogP contribution in [0.5, 0.6) is 0 Å². The van der Waals surface area contributed by atoms with Gasteiger partial charge in [0.1, 0.15) is 0 Å². The molecule has 1 aromatic carbocycles. The van der Waals surface area contributed by atoms with Crippen LogP contribution in [0.3, 0.4) is 0 Å². The van der Waals surface area contributed by atoms with Crippen LogP contribution >= 0.6 is 0 Å². The predicted octanol–water partition coefficient (Wildman–Crippen LogP) is 4.24. The van der Waals surface area contributed by atoms with Crippen LogP contribution in [-0.2, 0) is 4.84 Å². The molecule has 0 N–H and O–H groups in total. The highest BCUT2D eigenvalue weighted by Crippen LogP contribution is 2.30. The Bertz CT molecular complexity index is 447. The van der Waals surface area contributed by atoms with Crippen molar-refractivity contribution in [2.75, 3.05) is 13.2 Å². The molecule has 0 aromatic heterocycles. The topological polar surface area (TPSA) is 55.6 Å². The van der Waals surface area contributed by atoms with Gasteiger partial charge in [0.25, 0.3) is 5.69 Å². The van der Waals surface area contributed by atoms with E-state index in [2.05, 4.69) is 5.06 Å². The van der Waals surface area contributed by atoms with Crippen molar-refractivity contribution in [1.82, 2.24) is 5.06 Å². The lowest BCUT2D eigenvalue weighted by Crippen LogP contribution is -2.30. The molecule has 1 aromatic rings. The van der Waals surface area contributed by atoms with E-state index in [9.17, 15) is 10.1 Å². The Labute approximate surface area is 126 Å². The molecule has 2 rings (SSSR count). The molecule has 0 bridgehead atoms. The number of non-ortho nitro benzene ring substituents is 1. The fourth-order valence-corrected chi connectivity index (χ4v) is 2.91. The van der Waals surface area contributed by atoms with Gasteiger partial charge in [-0.05, 0) is 25.3 Å². The van der Waals surface area contributed by atoms with E-state index in [1.54, 1.807) is 12.1 Å². The van der Waals surface area contributed by atoms with Gasteiger partial charge in [0, 0.05) is 18.7 Å². The van der Waals surface area contributed by atoms with Crippen LogP contribution in [0.4, 0.5) is 5.69 Å². The van der Waals surface area contributed by atoms with Crippen molar-refractivity contribution in [2.45, 2.75) is 51.5 Å². The summed E-state index contributed by atoms with van der Waals surface area (Å²) in [6.07, 6.45) is 7.14. The van der Waals surface area contributed by atoms with Crippen LogP contribution in [0.2, 0.25) is 0 Å². The minimum Gasteiger partial charge on any atom is -0.299 e. The van der Waals surface area contributed by atoms with Crippen LogP contribution in [0, 0.1) is 10.1 Å². The molecular formula is C16H24N2O3. The number of nitro benzene ring substituents is 1. The molecule has 5 nitrogen and oxygen atoms in total. The zero-order chi connectivity index (χ0) is 15.1. The Morgan fingerprint density at radius 1 is 1.19 bits per heavy atom. The molecule has 21 heavy (non-hydrogen) atoms. The van der Waals surface area contributed by atoms with E-state index in [-0.39, 0.29) is 16.7 Å². The summed E-state index contributed by atoms with van der Waals surface area (Å²) >= 11 is 0. The average Bonchev–Trinajstić information content (AvgIpc) is 2.60. The number of benzene rings is 1. The summed E-state index contributed by atoms with van der Waals surface area (Å²) in [5.74, 6) is 0. The first kappa shape index (κ1) is 15.9. The second-order valence-electron chi connectivity index (χ2n) is 5.48. The molecule has 1 aliphatic heterocycles. The molecular weight excluding hydrogens is 268 g/mol. The van der Waals surface area contributed by atoms with Crippen molar-refractivity contribution in [3.63, 3.8) is 0 Å².